The van der Waals surface area contributed by atoms with E-state index in [1.54, 1.807) is 24.7 Å². The average Bonchev–Trinajstić information content (AvgIpc) is 3.30. The zero-order valence-electron chi connectivity index (χ0n) is 22.6. The molecule has 5 rings (SSSR count). The number of nitrogens with zero attached hydrogens (tertiary/aromatic N) is 4. The lowest BCUT2D eigenvalue weighted by Gasteiger charge is -2.30. The number of rotatable bonds is 7. The molecule has 0 amide bonds. The number of carbonyl (C=O) groups is 1. The average molecular weight is 558 g/mol. The van der Waals surface area contributed by atoms with E-state index in [2.05, 4.69) is 10.1 Å². The van der Waals surface area contributed by atoms with E-state index in [0.717, 1.165) is 31.4 Å². The molecular formula is C27H35N5O6S. The SMILES string of the molecule is CCOC(=O)C1CCN(S(=O)(=O)c2ccc(-c3nc4c(c(C5CCCCC5)nn4C)c(=O)[nH]3)c(OC)c2)CC1. The largest absolute Gasteiger partial charge is 0.496 e. The van der Waals surface area contributed by atoms with Crippen LogP contribution in [0.25, 0.3) is 22.4 Å². The van der Waals surface area contributed by atoms with Crippen molar-refractivity contribution in [2.75, 3.05) is 26.8 Å². The zero-order chi connectivity index (χ0) is 27.7. The third-order valence-corrected chi connectivity index (χ3v) is 9.75. The number of hydrogen-bond acceptors (Lipinski definition) is 8. The first kappa shape index (κ1) is 27.3. The maximum atomic E-state index is 13.4. The van der Waals surface area contributed by atoms with Gasteiger partial charge in [-0.2, -0.15) is 9.40 Å². The summed E-state index contributed by atoms with van der Waals surface area (Å²) in [5.74, 6) is 0.226. The molecule has 210 valence electrons. The van der Waals surface area contributed by atoms with Crippen molar-refractivity contribution in [2.24, 2.45) is 13.0 Å². The van der Waals surface area contributed by atoms with E-state index in [-0.39, 0.29) is 52.9 Å². The highest BCUT2D eigenvalue weighted by Gasteiger charge is 2.33. The molecule has 3 heterocycles. The lowest BCUT2D eigenvalue weighted by molar-refractivity contribution is -0.149. The van der Waals surface area contributed by atoms with Crippen LogP contribution in [0, 0.1) is 5.92 Å². The Labute approximate surface area is 227 Å². The highest BCUT2D eigenvalue weighted by molar-refractivity contribution is 7.89. The van der Waals surface area contributed by atoms with Crippen LogP contribution in [0.3, 0.4) is 0 Å². The number of benzene rings is 1. The number of piperidine rings is 1. The van der Waals surface area contributed by atoms with Crippen LogP contribution in [0.5, 0.6) is 5.75 Å². The molecule has 3 aromatic rings. The first-order valence-corrected chi connectivity index (χ1v) is 15.0. The summed E-state index contributed by atoms with van der Waals surface area (Å²) in [6.45, 7) is 2.51. The van der Waals surface area contributed by atoms with Crippen molar-refractivity contribution in [1.29, 1.82) is 0 Å². The summed E-state index contributed by atoms with van der Waals surface area (Å²) in [6, 6.07) is 4.54. The number of aryl methyl sites for hydroxylation is 1. The Kier molecular flexibility index (Phi) is 7.77. The van der Waals surface area contributed by atoms with Crippen molar-refractivity contribution in [3.05, 3.63) is 34.2 Å². The van der Waals surface area contributed by atoms with Gasteiger partial charge in [0.15, 0.2) is 5.65 Å². The van der Waals surface area contributed by atoms with Crippen LogP contribution >= 0.6 is 0 Å². The Bertz CT molecular complexity index is 1530. The van der Waals surface area contributed by atoms with Gasteiger partial charge in [-0.3, -0.25) is 9.59 Å². The van der Waals surface area contributed by atoms with Gasteiger partial charge in [-0.05, 0) is 44.7 Å². The van der Waals surface area contributed by atoms with Crippen LogP contribution in [-0.2, 0) is 26.6 Å². The van der Waals surface area contributed by atoms with E-state index in [1.807, 2.05) is 0 Å². The van der Waals surface area contributed by atoms with Gasteiger partial charge in [0, 0.05) is 32.1 Å². The van der Waals surface area contributed by atoms with Gasteiger partial charge >= 0.3 is 5.97 Å². The number of nitrogens with one attached hydrogen (secondary N) is 1. The molecule has 2 aliphatic rings. The van der Waals surface area contributed by atoms with E-state index in [9.17, 15) is 18.0 Å². The topological polar surface area (TPSA) is 136 Å². The highest BCUT2D eigenvalue weighted by atomic mass is 32.2. The van der Waals surface area contributed by atoms with Crippen molar-refractivity contribution in [3.8, 4) is 17.1 Å². The summed E-state index contributed by atoms with van der Waals surface area (Å²) in [5, 5.41) is 5.18. The molecule has 0 unspecified atom stereocenters. The third-order valence-electron chi connectivity index (χ3n) is 7.85. The van der Waals surface area contributed by atoms with Gasteiger partial charge in [0.2, 0.25) is 10.0 Å². The molecule has 1 aromatic carbocycles. The second-order valence-electron chi connectivity index (χ2n) is 10.2. The van der Waals surface area contributed by atoms with E-state index in [4.69, 9.17) is 14.5 Å². The molecule has 12 heteroatoms. The summed E-state index contributed by atoms with van der Waals surface area (Å²) in [5.41, 5.74) is 1.48. The molecule has 1 aliphatic heterocycles. The first-order valence-electron chi connectivity index (χ1n) is 13.6. The summed E-state index contributed by atoms with van der Waals surface area (Å²) in [4.78, 5) is 33.0. The first-order chi connectivity index (χ1) is 18.7. The van der Waals surface area contributed by atoms with E-state index in [0.29, 0.717) is 36.0 Å². The number of ether oxygens (including phenoxy) is 2. The number of esters is 1. The van der Waals surface area contributed by atoms with Crippen molar-refractivity contribution in [1.82, 2.24) is 24.1 Å². The summed E-state index contributed by atoms with van der Waals surface area (Å²) in [7, 11) is -0.592. The maximum Gasteiger partial charge on any atom is 0.309 e. The molecular weight excluding hydrogens is 522 g/mol. The second kappa shape index (κ2) is 11.1. The van der Waals surface area contributed by atoms with Crippen molar-refractivity contribution in [3.63, 3.8) is 0 Å². The Morgan fingerprint density at radius 3 is 2.51 bits per heavy atom. The Hall–Kier alpha value is -3.25. The van der Waals surface area contributed by atoms with Crippen LogP contribution in [0.2, 0.25) is 0 Å². The number of methoxy groups -OCH3 is 1. The smallest absolute Gasteiger partial charge is 0.309 e. The number of aromatic amines is 1. The number of hydrogen-bond donors (Lipinski definition) is 1. The summed E-state index contributed by atoms with van der Waals surface area (Å²) < 4.78 is 40.5. The lowest BCUT2D eigenvalue weighted by atomic mass is 9.86. The second-order valence-corrected chi connectivity index (χ2v) is 12.2. The van der Waals surface area contributed by atoms with Crippen molar-refractivity contribution < 1.29 is 22.7 Å². The Balaban J connectivity index is 1.44. The molecule has 1 aliphatic carbocycles. The molecule has 1 saturated carbocycles. The van der Waals surface area contributed by atoms with Crippen molar-refractivity contribution in [2.45, 2.75) is 62.7 Å². The van der Waals surface area contributed by atoms with Gasteiger partial charge in [-0.15, -0.1) is 0 Å². The number of sulfonamides is 1. The fraction of sp³-hybridized carbons (Fsp3) is 0.556. The van der Waals surface area contributed by atoms with Crippen LogP contribution < -0.4 is 10.3 Å². The molecule has 39 heavy (non-hydrogen) atoms. The van der Waals surface area contributed by atoms with E-state index < -0.39 is 10.0 Å². The normalized spacial score (nSPS) is 17.9. The predicted molar refractivity (Wildman–Crippen MR) is 145 cm³/mol. The van der Waals surface area contributed by atoms with Gasteiger partial charge in [0.05, 0.1) is 35.8 Å². The molecule has 0 atom stereocenters. The minimum absolute atomic E-state index is 0.0706. The van der Waals surface area contributed by atoms with Gasteiger partial charge in [0.25, 0.3) is 5.56 Å². The molecule has 0 bridgehead atoms. The summed E-state index contributed by atoms with van der Waals surface area (Å²) >= 11 is 0. The maximum absolute atomic E-state index is 13.4. The number of fused-ring (bicyclic) bond motifs is 1. The van der Waals surface area contributed by atoms with Crippen LogP contribution in [-0.4, -0.2) is 65.2 Å². The van der Waals surface area contributed by atoms with Crippen molar-refractivity contribution >= 4 is 27.0 Å². The van der Waals surface area contributed by atoms with Crippen LogP contribution in [0.15, 0.2) is 27.9 Å². The quantitative estimate of drug-likeness (QED) is 0.437. The standard InChI is InChI=1S/C27H35N5O6S/c1-4-38-27(34)18-12-14-32(15-13-18)39(35,36)19-10-11-20(21(16-19)37-3)24-28-25-22(26(33)29-24)23(30-31(25)2)17-8-6-5-7-9-17/h10-11,16-18H,4-9,12-15H2,1-3H3,(H,28,29,33). The molecule has 2 fully saturated rings. The van der Waals surface area contributed by atoms with Gasteiger partial charge in [-0.1, -0.05) is 19.3 Å². The third kappa shape index (κ3) is 5.19. The Morgan fingerprint density at radius 2 is 1.85 bits per heavy atom. The molecule has 2 aromatic heterocycles. The fourth-order valence-electron chi connectivity index (χ4n) is 5.74. The minimum atomic E-state index is -3.82. The summed E-state index contributed by atoms with van der Waals surface area (Å²) in [6.07, 6.45) is 6.30. The molecule has 1 saturated heterocycles. The Morgan fingerprint density at radius 1 is 1.13 bits per heavy atom. The number of aromatic nitrogens is 4. The highest BCUT2D eigenvalue weighted by Crippen LogP contribution is 2.36. The molecule has 1 N–H and O–H groups in total. The van der Waals surface area contributed by atoms with Gasteiger partial charge in [0.1, 0.15) is 17.0 Å². The van der Waals surface area contributed by atoms with E-state index in [1.165, 1.54) is 30.0 Å². The zero-order valence-corrected chi connectivity index (χ0v) is 23.4. The fourth-order valence-corrected chi connectivity index (χ4v) is 7.23. The van der Waals surface area contributed by atoms with Crippen LogP contribution in [0.1, 0.15) is 63.5 Å². The lowest BCUT2D eigenvalue weighted by Crippen LogP contribution is -2.40. The molecule has 0 spiro atoms. The van der Waals surface area contributed by atoms with Crippen LogP contribution in [0.4, 0.5) is 0 Å². The molecule has 0 radical (unpaired) electrons. The van der Waals surface area contributed by atoms with E-state index >= 15 is 0 Å². The molecule has 11 nitrogen and oxygen atoms in total. The predicted octanol–water partition coefficient (Wildman–Crippen LogP) is 3.34. The van der Waals surface area contributed by atoms with Gasteiger partial charge < -0.3 is 14.5 Å². The number of H-pyrrole nitrogens is 1. The van der Waals surface area contributed by atoms with Gasteiger partial charge in [-0.25, -0.2) is 18.1 Å². The monoisotopic (exact) mass is 557 g/mol. The number of carbonyl (C=O) groups excluding carboxylic acids is 1. The minimum Gasteiger partial charge on any atom is -0.496 e.